The zero-order valence-corrected chi connectivity index (χ0v) is 18.1. The summed E-state index contributed by atoms with van der Waals surface area (Å²) in [7, 11) is 0. The van der Waals surface area contributed by atoms with E-state index in [0.29, 0.717) is 28.3 Å². The van der Waals surface area contributed by atoms with Crippen LogP contribution in [0, 0.1) is 6.92 Å². The van der Waals surface area contributed by atoms with E-state index in [4.69, 9.17) is 4.74 Å². The van der Waals surface area contributed by atoms with Gasteiger partial charge in [0.05, 0.1) is 22.3 Å². The van der Waals surface area contributed by atoms with Crippen molar-refractivity contribution in [2.45, 2.75) is 51.3 Å². The molecule has 0 bridgehead atoms. The maximum absolute atomic E-state index is 13.0. The third kappa shape index (κ3) is 4.55. The molecule has 5 rings (SSSR count). The Morgan fingerprint density at radius 1 is 0.939 bits per heavy atom. The van der Waals surface area contributed by atoms with Crippen LogP contribution in [0.25, 0.3) is 33.7 Å². The lowest BCUT2D eigenvalue weighted by Gasteiger charge is -2.23. The first-order chi connectivity index (χ1) is 15.9. The van der Waals surface area contributed by atoms with Crippen molar-refractivity contribution < 1.29 is 17.9 Å². The van der Waals surface area contributed by atoms with Crippen molar-refractivity contribution in [2.75, 3.05) is 0 Å². The van der Waals surface area contributed by atoms with E-state index in [1.807, 2.05) is 25.1 Å². The van der Waals surface area contributed by atoms with Gasteiger partial charge < -0.3 is 9.72 Å². The van der Waals surface area contributed by atoms with Gasteiger partial charge in [-0.1, -0.05) is 6.42 Å². The number of nitrogens with one attached hydrogen (secondary N) is 1. The van der Waals surface area contributed by atoms with Gasteiger partial charge in [0.25, 0.3) is 0 Å². The smallest absolute Gasteiger partial charge is 0.416 e. The molecule has 3 aromatic heterocycles. The number of nitrogens with zero attached hydrogens (tertiary/aromatic N) is 3. The molecule has 1 fully saturated rings. The van der Waals surface area contributed by atoms with Gasteiger partial charge in [0, 0.05) is 29.1 Å². The molecule has 0 aliphatic heterocycles. The number of pyridine rings is 2. The van der Waals surface area contributed by atoms with Crippen molar-refractivity contribution in [3.05, 3.63) is 59.9 Å². The number of aromatic nitrogens is 4. The molecular weight excluding hydrogens is 429 g/mol. The molecule has 170 valence electrons. The second-order valence-electron chi connectivity index (χ2n) is 8.47. The second kappa shape index (κ2) is 8.50. The Morgan fingerprint density at radius 3 is 2.42 bits per heavy atom. The number of alkyl halides is 3. The predicted octanol–water partition coefficient (Wildman–Crippen LogP) is 6.73. The van der Waals surface area contributed by atoms with Crippen LogP contribution in [0.5, 0.6) is 5.88 Å². The number of rotatable bonds is 4. The molecule has 5 nitrogen and oxygen atoms in total. The predicted molar refractivity (Wildman–Crippen MR) is 120 cm³/mol. The summed E-state index contributed by atoms with van der Waals surface area (Å²) in [5.41, 5.74) is 3.35. The molecule has 4 aromatic rings. The first kappa shape index (κ1) is 21.4. The average Bonchev–Trinajstić information content (AvgIpc) is 3.24. The van der Waals surface area contributed by atoms with Gasteiger partial charge in [0.1, 0.15) is 11.9 Å². The van der Waals surface area contributed by atoms with Crippen LogP contribution in [-0.2, 0) is 6.18 Å². The minimum atomic E-state index is -4.40. The molecule has 0 spiro atoms. The number of hydrogen-bond donors (Lipinski definition) is 1. The number of aromatic amines is 1. The maximum Gasteiger partial charge on any atom is 0.416 e. The molecule has 1 N–H and O–H groups in total. The van der Waals surface area contributed by atoms with Crippen LogP contribution in [-0.4, -0.2) is 26.0 Å². The molecule has 0 saturated heterocycles. The number of halogens is 3. The number of ether oxygens (including phenoxy) is 1. The monoisotopic (exact) mass is 452 g/mol. The summed E-state index contributed by atoms with van der Waals surface area (Å²) in [6.45, 7) is 1.98. The van der Waals surface area contributed by atoms with E-state index in [2.05, 4.69) is 19.9 Å². The first-order valence-corrected chi connectivity index (χ1v) is 11.0. The summed E-state index contributed by atoms with van der Waals surface area (Å²) in [5.74, 6) is 1.14. The Bertz CT molecular complexity index is 1280. The van der Waals surface area contributed by atoms with Crippen molar-refractivity contribution in [3.8, 4) is 28.5 Å². The van der Waals surface area contributed by atoms with Gasteiger partial charge in [0.15, 0.2) is 0 Å². The normalized spacial score (nSPS) is 15.2. The Labute approximate surface area is 189 Å². The van der Waals surface area contributed by atoms with Crippen LogP contribution in [0.2, 0.25) is 0 Å². The molecule has 8 heteroatoms. The fraction of sp³-hybridized carbons (Fsp3) is 0.320. The van der Waals surface area contributed by atoms with E-state index in [9.17, 15) is 13.2 Å². The lowest BCUT2D eigenvalue weighted by Crippen LogP contribution is -2.20. The van der Waals surface area contributed by atoms with E-state index < -0.39 is 11.7 Å². The van der Waals surface area contributed by atoms with Gasteiger partial charge in [-0.25, -0.2) is 9.97 Å². The fourth-order valence-corrected chi connectivity index (χ4v) is 4.19. The van der Waals surface area contributed by atoms with E-state index in [1.165, 1.54) is 25.3 Å². The van der Waals surface area contributed by atoms with Gasteiger partial charge >= 0.3 is 6.18 Å². The number of imidazole rings is 1. The number of fused-ring (bicyclic) bond motifs is 1. The third-order valence-corrected chi connectivity index (χ3v) is 6.00. The summed E-state index contributed by atoms with van der Waals surface area (Å²) in [5, 5.41) is 0. The molecule has 0 amide bonds. The molecule has 33 heavy (non-hydrogen) atoms. The lowest BCUT2D eigenvalue weighted by atomic mass is 9.98. The molecule has 0 radical (unpaired) electrons. The fourth-order valence-electron chi connectivity index (χ4n) is 4.19. The van der Waals surface area contributed by atoms with Crippen molar-refractivity contribution in [3.63, 3.8) is 0 Å². The van der Waals surface area contributed by atoms with Crippen LogP contribution in [0.1, 0.15) is 43.2 Å². The summed E-state index contributed by atoms with van der Waals surface area (Å²) in [4.78, 5) is 16.4. The van der Waals surface area contributed by atoms with Crippen LogP contribution in [0.15, 0.2) is 48.8 Å². The van der Waals surface area contributed by atoms with Gasteiger partial charge in [-0.3, -0.25) is 4.98 Å². The highest BCUT2D eigenvalue weighted by Crippen LogP contribution is 2.32. The second-order valence-corrected chi connectivity index (χ2v) is 8.47. The number of aryl methyl sites for hydroxylation is 1. The minimum Gasteiger partial charge on any atom is -0.474 e. The Kier molecular flexibility index (Phi) is 5.52. The van der Waals surface area contributed by atoms with Crippen molar-refractivity contribution >= 4 is 11.0 Å². The Balaban J connectivity index is 1.35. The van der Waals surface area contributed by atoms with Crippen molar-refractivity contribution in [1.29, 1.82) is 0 Å². The van der Waals surface area contributed by atoms with E-state index in [-0.39, 0.29) is 6.10 Å². The van der Waals surface area contributed by atoms with Gasteiger partial charge in [-0.2, -0.15) is 13.2 Å². The summed E-state index contributed by atoms with van der Waals surface area (Å²) in [6.07, 6.45) is 5.08. The largest absolute Gasteiger partial charge is 0.474 e. The molecule has 1 saturated carbocycles. The van der Waals surface area contributed by atoms with Crippen LogP contribution in [0.3, 0.4) is 0 Å². The molecule has 1 aliphatic carbocycles. The van der Waals surface area contributed by atoms with Gasteiger partial charge in [-0.05, 0) is 69.0 Å². The zero-order chi connectivity index (χ0) is 23.0. The van der Waals surface area contributed by atoms with Crippen molar-refractivity contribution in [2.24, 2.45) is 0 Å². The molecule has 1 aliphatic rings. The highest BCUT2D eigenvalue weighted by atomic mass is 19.4. The number of benzene rings is 1. The van der Waals surface area contributed by atoms with Crippen LogP contribution >= 0.6 is 0 Å². The Hall–Kier alpha value is -3.42. The SMILES string of the molecule is Cc1cc(-c2ccc(-c3nc4ccc(C(F)(F)F)cc4[nH]3)cn2)cnc1OC1CCCCC1. The molecule has 1 aromatic carbocycles. The Morgan fingerprint density at radius 2 is 1.73 bits per heavy atom. The number of H-pyrrole nitrogens is 1. The topological polar surface area (TPSA) is 63.7 Å². The zero-order valence-electron chi connectivity index (χ0n) is 18.1. The third-order valence-electron chi connectivity index (χ3n) is 6.00. The van der Waals surface area contributed by atoms with E-state index in [0.717, 1.165) is 41.8 Å². The summed E-state index contributed by atoms with van der Waals surface area (Å²) in [6, 6.07) is 9.16. The summed E-state index contributed by atoms with van der Waals surface area (Å²) < 4.78 is 45.0. The number of hydrogen-bond acceptors (Lipinski definition) is 4. The van der Waals surface area contributed by atoms with Crippen molar-refractivity contribution in [1.82, 2.24) is 19.9 Å². The van der Waals surface area contributed by atoms with E-state index >= 15 is 0 Å². The van der Waals surface area contributed by atoms with Crippen LogP contribution < -0.4 is 4.74 Å². The molecular formula is C25H23F3N4O. The molecule has 0 atom stereocenters. The van der Waals surface area contributed by atoms with E-state index in [1.54, 1.807) is 12.4 Å². The highest BCUT2D eigenvalue weighted by molar-refractivity contribution is 5.80. The van der Waals surface area contributed by atoms with Gasteiger partial charge in [0.2, 0.25) is 5.88 Å². The standard InChI is InChI=1S/C25H23F3N4O/c1-15-11-17(14-30-24(15)33-19-5-3-2-4-6-19)20-9-7-16(13-29-20)23-31-21-10-8-18(25(26,27)28)12-22(21)32-23/h7-14,19H,2-6H2,1H3,(H,31,32). The first-order valence-electron chi connectivity index (χ1n) is 11.0. The van der Waals surface area contributed by atoms with Gasteiger partial charge in [-0.15, -0.1) is 0 Å². The minimum absolute atomic E-state index is 0.240. The highest BCUT2D eigenvalue weighted by Gasteiger charge is 2.30. The quantitative estimate of drug-likeness (QED) is 0.373. The van der Waals surface area contributed by atoms with Crippen LogP contribution in [0.4, 0.5) is 13.2 Å². The average molecular weight is 452 g/mol. The molecule has 0 unspecified atom stereocenters. The lowest BCUT2D eigenvalue weighted by molar-refractivity contribution is -0.137. The maximum atomic E-state index is 13.0. The molecule has 3 heterocycles. The summed E-state index contributed by atoms with van der Waals surface area (Å²) >= 11 is 0.